The van der Waals surface area contributed by atoms with Gasteiger partial charge in [0, 0.05) is 13.1 Å². The van der Waals surface area contributed by atoms with Gasteiger partial charge in [0.2, 0.25) is 5.91 Å². The lowest BCUT2D eigenvalue weighted by atomic mass is 10.1. The minimum Gasteiger partial charge on any atom is -0.337 e. The lowest BCUT2D eigenvalue weighted by Gasteiger charge is -2.27. The van der Waals surface area contributed by atoms with Crippen molar-refractivity contribution in [3.8, 4) is 0 Å². The molecule has 0 aromatic heterocycles. The smallest absolute Gasteiger partial charge is 0.327 e. The Morgan fingerprint density at radius 2 is 1.92 bits per heavy atom. The molecular formula is C17H20FN3O3. The third-order valence-corrected chi connectivity index (χ3v) is 4.69. The van der Waals surface area contributed by atoms with E-state index < -0.39 is 0 Å². The molecule has 0 bridgehead atoms. The molecule has 7 heteroatoms. The Hall–Kier alpha value is -2.44. The van der Waals surface area contributed by atoms with Crippen LogP contribution in [0.2, 0.25) is 0 Å². The van der Waals surface area contributed by atoms with E-state index in [1.54, 1.807) is 24.1 Å². The van der Waals surface area contributed by atoms with Crippen LogP contribution in [-0.2, 0) is 9.59 Å². The summed E-state index contributed by atoms with van der Waals surface area (Å²) in [6.07, 6.45) is 1.84. The number of halogens is 1. The summed E-state index contributed by atoms with van der Waals surface area (Å²) in [5.41, 5.74) is 0.783. The highest BCUT2D eigenvalue weighted by Crippen LogP contribution is 2.30. The third-order valence-electron chi connectivity index (χ3n) is 4.69. The van der Waals surface area contributed by atoms with E-state index in [1.165, 1.54) is 17.0 Å². The van der Waals surface area contributed by atoms with Gasteiger partial charge in [0.25, 0.3) is 5.91 Å². The molecule has 0 radical (unpaired) electrons. The van der Waals surface area contributed by atoms with Crippen molar-refractivity contribution in [2.45, 2.75) is 31.8 Å². The van der Waals surface area contributed by atoms with Crippen molar-refractivity contribution in [1.29, 1.82) is 0 Å². The molecule has 0 spiro atoms. The maximum absolute atomic E-state index is 13.0. The van der Waals surface area contributed by atoms with Gasteiger partial charge in [-0.1, -0.05) is 12.1 Å². The number of benzene rings is 1. The number of hydrogen-bond donors (Lipinski definition) is 0. The zero-order valence-corrected chi connectivity index (χ0v) is 13.7. The first-order chi connectivity index (χ1) is 11.4. The molecule has 1 aromatic rings. The van der Waals surface area contributed by atoms with Crippen molar-refractivity contribution >= 4 is 17.8 Å². The molecule has 1 aliphatic carbocycles. The van der Waals surface area contributed by atoms with E-state index in [-0.39, 0.29) is 48.8 Å². The van der Waals surface area contributed by atoms with Crippen LogP contribution in [0.15, 0.2) is 24.3 Å². The van der Waals surface area contributed by atoms with Crippen LogP contribution >= 0.6 is 0 Å². The van der Waals surface area contributed by atoms with Gasteiger partial charge in [-0.2, -0.15) is 0 Å². The maximum Gasteiger partial charge on any atom is 0.327 e. The van der Waals surface area contributed by atoms with Crippen LogP contribution < -0.4 is 0 Å². The highest BCUT2D eigenvalue weighted by atomic mass is 19.1. The number of likely N-dealkylation sites (N-methyl/N-ethyl adjacent to an activating group) is 1. The van der Waals surface area contributed by atoms with Gasteiger partial charge in [-0.15, -0.1) is 0 Å². The maximum atomic E-state index is 13.0. The summed E-state index contributed by atoms with van der Waals surface area (Å²) in [5, 5.41) is 0. The van der Waals surface area contributed by atoms with Crippen LogP contribution in [0.4, 0.5) is 9.18 Å². The molecule has 2 fully saturated rings. The van der Waals surface area contributed by atoms with Crippen molar-refractivity contribution in [1.82, 2.24) is 14.7 Å². The molecule has 1 heterocycles. The van der Waals surface area contributed by atoms with Crippen LogP contribution in [0.25, 0.3) is 0 Å². The van der Waals surface area contributed by atoms with Gasteiger partial charge >= 0.3 is 6.03 Å². The largest absolute Gasteiger partial charge is 0.337 e. The number of urea groups is 1. The Kier molecular flexibility index (Phi) is 4.26. The Balaban J connectivity index is 1.64. The second-order valence-electron chi connectivity index (χ2n) is 6.35. The number of amides is 4. The zero-order valence-electron chi connectivity index (χ0n) is 13.7. The molecular weight excluding hydrogens is 313 g/mol. The van der Waals surface area contributed by atoms with E-state index in [0.29, 0.717) is 0 Å². The van der Waals surface area contributed by atoms with Crippen molar-refractivity contribution in [2.24, 2.45) is 0 Å². The van der Waals surface area contributed by atoms with Crippen LogP contribution in [-0.4, -0.2) is 58.7 Å². The molecule has 24 heavy (non-hydrogen) atoms. The number of nitrogens with zero attached hydrogens (tertiary/aromatic N) is 3. The van der Waals surface area contributed by atoms with E-state index in [9.17, 15) is 18.8 Å². The lowest BCUT2D eigenvalue weighted by molar-refractivity contribution is -0.137. The van der Waals surface area contributed by atoms with Gasteiger partial charge in [-0.05, 0) is 37.5 Å². The van der Waals surface area contributed by atoms with Crippen molar-refractivity contribution in [3.63, 3.8) is 0 Å². The molecule has 1 aliphatic heterocycles. The molecule has 1 saturated heterocycles. The monoisotopic (exact) mass is 333 g/mol. The third kappa shape index (κ3) is 3.11. The van der Waals surface area contributed by atoms with Crippen molar-refractivity contribution in [2.75, 3.05) is 20.1 Å². The van der Waals surface area contributed by atoms with E-state index in [4.69, 9.17) is 0 Å². The minimum atomic E-state index is -0.376. The summed E-state index contributed by atoms with van der Waals surface area (Å²) in [5.74, 6) is -0.998. The minimum absolute atomic E-state index is 0.0635. The zero-order chi connectivity index (χ0) is 17.4. The van der Waals surface area contributed by atoms with Crippen molar-refractivity contribution < 1.29 is 18.8 Å². The Labute approximate surface area is 139 Å². The molecule has 6 nitrogen and oxygen atoms in total. The van der Waals surface area contributed by atoms with E-state index >= 15 is 0 Å². The normalized spacial score (nSPS) is 19.0. The number of hydrogen-bond acceptors (Lipinski definition) is 3. The second kappa shape index (κ2) is 6.22. The summed E-state index contributed by atoms with van der Waals surface area (Å²) in [6.45, 7) is 1.62. The molecule has 1 atom stereocenters. The Morgan fingerprint density at radius 3 is 2.50 bits per heavy atom. The Bertz CT molecular complexity index is 672. The Morgan fingerprint density at radius 1 is 1.29 bits per heavy atom. The average molecular weight is 333 g/mol. The molecule has 1 unspecified atom stereocenters. The fraction of sp³-hybridized carbons (Fsp3) is 0.471. The van der Waals surface area contributed by atoms with Gasteiger partial charge in [0.05, 0.1) is 6.04 Å². The predicted octanol–water partition coefficient (Wildman–Crippen LogP) is 1.77. The summed E-state index contributed by atoms with van der Waals surface area (Å²) >= 11 is 0. The summed E-state index contributed by atoms with van der Waals surface area (Å²) in [7, 11) is 1.61. The molecule has 3 rings (SSSR count). The summed E-state index contributed by atoms with van der Waals surface area (Å²) in [6, 6.07) is 5.40. The van der Waals surface area contributed by atoms with Crippen molar-refractivity contribution in [3.05, 3.63) is 35.6 Å². The van der Waals surface area contributed by atoms with Gasteiger partial charge in [0.15, 0.2) is 0 Å². The average Bonchev–Trinajstić information content (AvgIpc) is 3.36. The molecule has 4 amide bonds. The topological polar surface area (TPSA) is 60.9 Å². The summed E-state index contributed by atoms with van der Waals surface area (Å²) < 4.78 is 13.0. The number of imide groups is 1. The van der Waals surface area contributed by atoms with Crippen LogP contribution in [0.5, 0.6) is 0 Å². The standard InChI is InChI=1S/C17H20FN3O3/c1-11(12-3-5-13(18)6-4-12)19(2)15(22)9-21-16(23)10-20(17(21)24)14-7-8-14/h3-6,11,14H,7-10H2,1-2H3. The van der Waals surface area contributed by atoms with Crippen LogP contribution in [0.3, 0.4) is 0 Å². The van der Waals surface area contributed by atoms with Crippen LogP contribution in [0.1, 0.15) is 31.4 Å². The molecule has 0 N–H and O–H groups in total. The molecule has 128 valence electrons. The number of carbonyl (C=O) groups excluding carboxylic acids is 3. The number of rotatable bonds is 5. The van der Waals surface area contributed by atoms with Gasteiger partial charge < -0.3 is 9.80 Å². The van der Waals surface area contributed by atoms with Crippen LogP contribution in [0, 0.1) is 5.82 Å². The molecule has 1 saturated carbocycles. The molecule has 2 aliphatic rings. The fourth-order valence-corrected chi connectivity index (χ4v) is 2.82. The highest BCUT2D eigenvalue weighted by molar-refractivity contribution is 6.04. The van der Waals surface area contributed by atoms with Gasteiger partial charge in [0.1, 0.15) is 18.9 Å². The summed E-state index contributed by atoms with van der Waals surface area (Å²) in [4.78, 5) is 40.7. The first kappa shape index (κ1) is 16.4. The molecule has 1 aromatic carbocycles. The quantitative estimate of drug-likeness (QED) is 0.772. The van der Waals surface area contributed by atoms with E-state index in [2.05, 4.69) is 0 Å². The highest BCUT2D eigenvalue weighted by Gasteiger charge is 2.44. The van der Waals surface area contributed by atoms with Gasteiger partial charge in [-0.25, -0.2) is 9.18 Å². The first-order valence-corrected chi connectivity index (χ1v) is 8.00. The predicted molar refractivity (Wildman–Crippen MR) is 84.4 cm³/mol. The van der Waals surface area contributed by atoms with E-state index in [1.807, 2.05) is 6.92 Å². The lowest BCUT2D eigenvalue weighted by Crippen LogP contribution is -2.43. The number of carbonyl (C=O) groups is 3. The second-order valence-corrected chi connectivity index (χ2v) is 6.35. The fourth-order valence-electron chi connectivity index (χ4n) is 2.82. The van der Waals surface area contributed by atoms with Gasteiger partial charge in [-0.3, -0.25) is 14.5 Å². The van der Waals surface area contributed by atoms with E-state index in [0.717, 1.165) is 23.3 Å². The first-order valence-electron chi connectivity index (χ1n) is 8.00. The SMILES string of the molecule is CC(c1ccc(F)cc1)N(C)C(=O)CN1C(=O)CN(C2CC2)C1=O.